The van der Waals surface area contributed by atoms with Gasteiger partial charge in [-0.3, -0.25) is 19.7 Å². The van der Waals surface area contributed by atoms with Crippen LogP contribution in [0.1, 0.15) is 47.8 Å². The van der Waals surface area contributed by atoms with Crippen molar-refractivity contribution < 1.29 is 33.6 Å². The van der Waals surface area contributed by atoms with E-state index in [4.69, 9.17) is 9.47 Å². The van der Waals surface area contributed by atoms with Gasteiger partial charge < -0.3 is 14.8 Å². The molecule has 12 nitrogen and oxygen atoms in total. The number of nitrogens with zero attached hydrogens (tertiary/aromatic N) is 2. The number of anilines is 1. The standard InChI is InChI=1S/C38H28N4O8/c1-25-10-12-27(13-11-25)36(44)40-31-19-14-28(15-20-31)37(45)41-39-24-30-7-3-5-9-34(30)49-35(43)23-18-26-6-2-4-8-33(26)50-38(46)29-16-21-32(22-17-29)42(47)48/h2-24H,1H3,(H,40,44)(H,41,45)/b23-18+,39-24+. The third-order valence-electron chi connectivity index (χ3n) is 7.05. The molecule has 5 rings (SSSR count). The van der Waals surface area contributed by atoms with E-state index in [-0.39, 0.29) is 28.7 Å². The highest BCUT2D eigenvalue weighted by Gasteiger charge is 2.14. The van der Waals surface area contributed by atoms with Crippen molar-refractivity contribution in [1.29, 1.82) is 0 Å². The van der Waals surface area contributed by atoms with Gasteiger partial charge in [-0.2, -0.15) is 5.10 Å². The minimum atomic E-state index is -0.735. The predicted molar refractivity (Wildman–Crippen MR) is 186 cm³/mol. The van der Waals surface area contributed by atoms with Crippen LogP contribution in [0.4, 0.5) is 11.4 Å². The summed E-state index contributed by atoms with van der Waals surface area (Å²) in [6, 6.07) is 31.5. The van der Waals surface area contributed by atoms with Gasteiger partial charge in [-0.1, -0.05) is 48.0 Å². The van der Waals surface area contributed by atoms with Crippen molar-refractivity contribution in [2.75, 3.05) is 5.32 Å². The number of carbonyl (C=O) groups is 4. The van der Waals surface area contributed by atoms with Gasteiger partial charge in [-0.25, -0.2) is 15.0 Å². The van der Waals surface area contributed by atoms with Crippen molar-refractivity contribution >= 4 is 47.4 Å². The van der Waals surface area contributed by atoms with E-state index in [1.54, 1.807) is 78.9 Å². The number of nitrogens with one attached hydrogen (secondary N) is 2. The second kappa shape index (κ2) is 16.1. The molecule has 0 aliphatic heterocycles. The van der Waals surface area contributed by atoms with Crippen molar-refractivity contribution in [1.82, 2.24) is 5.43 Å². The SMILES string of the molecule is Cc1ccc(C(=O)Nc2ccc(C(=O)N/N=C/c3ccccc3OC(=O)/C=C/c3ccccc3OC(=O)c3ccc([N+](=O)[O-])cc3)cc2)cc1. The summed E-state index contributed by atoms with van der Waals surface area (Å²) in [4.78, 5) is 60.8. The van der Waals surface area contributed by atoms with E-state index < -0.39 is 22.8 Å². The predicted octanol–water partition coefficient (Wildman–Crippen LogP) is 6.76. The summed E-state index contributed by atoms with van der Waals surface area (Å²) in [5, 5.41) is 17.7. The fraction of sp³-hybridized carbons (Fsp3) is 0.0263. The number of esters is 2. The first kappa shape index (κ1) is 34.1. The van der Waals surface area contributed by atoms with Crippen LogP contribution < -0.4 is 20.2 Å². The summed E-state index contributed by atoms with van der Waals surface area (Å²) in [6.07, 6.45) is 3.89. The largest absolute Gasteiger partial charge is 0.423 e. The van der Waals surface area contributed by atoms with E-state index in [0.717, 1.165) is 11.6 Å². The molecule has 0 spiro atoms. The Morgan fingerprint density at radius 3 is 1.90 bits per heavy atom. The second-order valence-corrected chi connectivity index (χ2v) is 10.6. The van der Waals surface area contributed by atoms with Crippen molar-refractivity contribution in [3.05, 3.63) is 171 Å². The van der Waals surface area contributed by atoms with Crippen LogP contribution in [0.3, 0.4) is 0 Å². The fourth-order valence-electron chi connectivity index (χ4n) is 4.41. The number of ether oxygens (including phenoxy) is 2. The number of para-hydroxylation sites is 2. The average molecular weight is 669 g/mol. The topological polar surface area (TPSA) is 166 Å². The van der Waals surface area contributed by atoms with Crippen LogP contribution in [0.15, 0.2) is 133 Å². The molecule has 2 N–H and O–H groups in total. The maximum absolute atomic E-state index is 12.7. The van der Waals surface area contributed by atoms with Gasteiger partial charge >= 0.3 is 11.9 Å². The zero-order valence-corrected chi connectivity index (χ0v) is 26.4. The number of aryl methyl sites for hydroxylation is 1. The fourth-order valence-corrected chi connectivity index (χ4v) is 4.41. The molecule has 2 amide bonds. The Bertz CT molecular complexity index is 2110. The Hall–Kier alpha value is -7.21. The van der Waals surface area contributed by atoms with Crippen LogP contribution in [0.25, 0.3) is 6.08 Å². The monoisotopic (exact) mass is 668 g/mol. The second-order valence-electron chi connectivity index (χ2n) is 10.6. The smallest absolute Gasteiger partial charge is 0.343 e. The lowest BCUT2D eigenvalue weighted by molar-refractivity contribution is -0.384. The maximum atomic E-state index is 12.7. The number of nitro benzene ring substituents is 1. The third kappa shape index (κ3) is 9.20. The van der Waals surface area contributed by atoms with Crippen LogP contribution in [0.5, 0.6) is 11.5 Å². The van der Waals surface area contributed by atoms with Gasteiger partial charge in [0.2, 0.25) is 0 Å². The van der Waals surface area contributed by atoms with Crippen molar-refractivity contribution in [2.24, 2.45) is 5.10 Å². The van der Waals surface area contributed by atoms with Gasteiger partial charge in [0.25, 0.3) is 17.5 Å². The highest BCUT2D eigenvalue weighted by atomic mass is 16.6. The Morgan fingerprint density at radius 2 is 1.24 bits per heavy atom. The van der Waals surface area contributed by atoms with Crippen molar-refractivity contribution in [3.63, 3.8) is 0 Å². The number of rotatable bonds is 11. The minimum Gasteiger partial charge on any atom is -0.423 e. The van der Waals surface area contributed by atoms with Crippen LogP contribution in [-0.2, 0) is 4.79 Å². The molecular weight excluding hydrogens is 640 g/mol. The van der Waals surface area contributed by atoms with Gasteiger partial charge in [0, 0.05) is 46.1 Å². The number of non-ortho nitro benzene ring substituents is 1. The van der Waals surface area contributed by atoms with Crippen LogP contribution in [0.2, 0.25) is 0 Å². The van der Waals surface area contributed by atoms with Gasteiger partial charge in [-0.15, -0.1) is 0 Å². The first-order valence-electron chi connectivity index (χ1n) is 15.0. The van der Waals surface area contributed by atoms with Crippen molar-refractivity contribution in [3.8, 4) is 11.5 Å². The molecule has 0 unspecified atom stereocenters. The molecule has 0 atom stereocenters. The van der Waals surface area contributed by atoms with E-state index >= 15 is 0 Å². The number of benzene rings is 5. The van der Waals surface area contributed by atoms with E-state index in [1.165, 1.54) is 42.6 Å². The molecule has 5 aromatic rings. The summed E-state index contributed by atoms with van der Waals surface area (Å²) in [6.45, 7) is 1.93. The van der Waals surface area contributed by atoms with E-state index in [9.17, 15) is 29.3 Å². The number of carbonyl (C=O) groups excluding carboxylic acids is 4. The quantitative estimate of drug-likeness (QED) is 0.0389. The first-order valence-corrected chi connectivity index (χ1v) is 15.0. The Kier molecular flexibility index (Phi) is 11.0. The molecule has 0 radical (unpaired) electrons. The molecule has 0 saturated heterocycles. The molecular formula is C38H28N4O8. The Balaban J connectivity index is 1.16. The molecule has 0 aliphatic carbocycles. The minimum absolute atomic E-state index is 0.112. The Labute approximate surface area is 285 Å². The molecule has 50 heavy (non-hydrogen) atoms. The van der Waals surface area contributed by atoms with Crippen LogP contribution >= 0.6 is 0 Å². The zero-order chi connectivity index (χ0) is 35.5. The third-order valence-corrected chi connectivity index (χ3v) is 7.05. The lowest BCUT2D eigenvalue weighted by Crippen LogP contribution is -2.18. The molecule has 0 heterocycles. The molecule has 0 bridgehead atoms. The first-order chi connectivity index (χ1) is 24.2. The number of amides is 2. The molecule has 12 heteroatoms. The molecule has 248 valence electrons. The van der Waals surface area contributed by atoms with E-state index in [2.05, 4.69) is 15.8 Å². The zero-order valence-electron chi connectivity index (χ0n) is 26.4. The highest BCUT2D eigenvalue weighted by molar-refractivity contribution is 6.04. The maximum Gasteiger partial charge on any atom is 0.343 e. The van der Waals surface area contributed by atoms with E-state index in [1.807, 2.05) is 19.1 Å². The molecule has 5 aromatic carbocycles. The van der Waals surface area contributed by atoms with Gasteiger partial charge in [0.1, 0.15) is 11.5 Å². The average Bonchev–Trinajstić information content (AvgIpc) is 3.12. The molecule has 0 aromatic heterocycles. The number of hydrazone groups is 1. The Morgan fingerprint density at radius 1 is 0.680 bits per heavy atom. The van der Waals surface area contributed by atoms with Gasteiger partial charge in [-0.05, 0) is 79.7 Å². The lowest BCUT2D eigenvalue weighted by atomic mass is 10.1. The molecule has 0 saturated carbocycles. The van der Waals surface area contributed by atoms with Gasteiger partial charge in [0.05, 0.1) is 16.7 Å². The highest BCUT2D eigenvalue weighted by Crippen LogP contribution is 2.23. The van der Waals surface area contributed by atoms with Crippen LogP contribution in [-0.4, -0.2) is 34.9 Å². The van der Waals surface area contributed by atoms with Gasteiger partial charge in [0.15, 0.2) is 0 Å². The lowest BCUT2D eigenvalue weighted by Gasteiger charge is -2.08. The molecule has 0 aliphatic rings. The summed E-state index contributed by atoms with van der Waals surface area (Å²) < 4.78 is 10.9. The summed E-state index contributed by atoms with van der Waals surface area (Å²) in [5.41, 5.74) is 5.56. The summed E-state index contributed by atoms with van der Waals surface area (Å²) in [5.74, 6) is -1.91. The van der Waals surface area contributed by atoms with E-state index in [0.29, 0.717) is 27.9 Å². The number of hydrogen-bond acceptors (Lipinski definition) is 9. The molecule has 0 fully saturated rings. The summed E-state index contributed by atoms with van der Waals surface area (Å²) >= 11 is 0. The summed E-state index contributed by atoms with van der Waals surface area (Å²) in [7, 11) is 0. The number of nitro groups is 1. The normalized spacial score (nSPS) is 10.8. The number of hydrogen-bond donors (Lipinski definition) is 2. The van der Waals surface area contributed by atoms with Crippen LogP contribution in [0, 0.1) is 17.0 Å². The van der Waals surface area contributed by atoms with Crippen molar-refractivity contribution in [2.45, 2.75) is 6.92 Å².